The maximum absolute atomic E-state index is 4.74. The predicted molar refractivity (Wildman–Crippen MR) is 79.6 cm³/mol. The van der Waals surface area contributed by atoms with Crippen molar-refractivity contribution < 1.29 is 0 Å². The molecule has 2 unspecified atom stereocenters. The Bertz CT molecular complexity index is 420. The second kappa shape index (κ2) is 5.55. The molecule has 0 aromatic carbocycles. The Morgan fingerprint density at radius 1 is 1.44 bits per heavy atom. The molecule has 2 atom stereocenters. The van der Waals surface area contributed by atoms with Crippen LogP contribution in [0.25, 0.3) is 0 Å². The van der Waals surface area contributed by atoms with Gasteiger partial charge in [-0.3, -0.25) is 0 Å². The van der Waals surface area contributed by atoms with Crippen LogP contribution in [-0.2, 0) is 0 Å². The van der Waals surface area contributed by atoms with Gasteiger partial charge in [-0.15, -0.1) is 0 Å². The first-order valence-electron chi connectivity index (χ1n) is 6.71. The molecule has 0 bridgehead atoms. The summed E-state index contributed by atoms with van der Waals surface area (Å²) in [7, 11) is 0. The highest BCUT2D eigenvalue weighted by Crippen LogP contribution is 2.29. The van der Waals surface area contributed by atoms with Gasteiger partial charge in [-0.2, -0.15) is 0 Å². The number of halogens is 1. The summed E-state index contributed by atoms with van der Waals surface area (Å²) in [6.07, 6.45) is 1.23. The summed E-state index contributed by atoms with van der Waals surface area (Å²) in [5.74, 6) is 2.07. The molecule has 1 aliphatic rings. The fourth-order valence-electron chi connectivity index (χ4n) is 2.49. The van der Waals surface area contributed by atoms with Crippen molar-refractivity contribution in [2.75, 3.05) is 16.8 Å². The van der Waals surface area contributed by atoms with Crippen molar-refractivity contribution in [2.24, 2.45) is 5.92 Å². The maximum Gasteiger partial charge on any atom is 0.226 e. The van der Waals surface area contributed by atoms with Gasteiger partial charge in [-0.1, -0.05) is 36.7 Å². The van der Waals surface area contributed by atoms with Crippen LogP contribution >= 0.6 is 15.9 Å². The van der Waals surface area contributed by atoms with Crippen LogP contribution in [0.3, 0.4) is 0 Å². The molecule has 0 saturated carbocycles. The summed E-state index contributed by atoms with van der Waals surface area (Å²) in [6, 6.07) is 2.61. The normalized spacial score (nSPS) is 24.0. The third kappa shape index (κ3) is 2.68. The minimum Gasteiger partial charge on any atom is -0.337 e. The quantitative estimate of drug-likeness (QED) is 0.800. The van der Waals surface area contributed by atoms with E-state index in [9.17, 15) is 0 Å². The van der Waals surface area contributed by atoms with Crippen molar-refractivity contribution in [2.45, 2.75) is 46.1 Å². The second-order valence-corrected chi connectivity index (χ2v) is 6.22. The zero-order chi connectivity index (χ0) is 13.3. The molecule has 0 amide bonds. The minimum atomic E-state index is 0.452. The van der Waals surface area contributed by atoms with Crippen LogP contribution < -0.4 is 4.90 Å². The molecule has 1 saturated heterocycles. The Balaban J connectivity index is 2.33. The molecule has 1 fully saturated rings. The summed E-state index contributed by atoms with van der Waals surface area (Å²) in [6.45, 7) is 9.80. The van der Waals surface area contributed by atoms with Gasteiger partial charge in [0.1, 0.15) is 0 Å². The Morgan fingerprint density at radius 3 is 2.78 bits per heavy atom. The molecular weight excluding hydrogens is 290 g/mol. The lowest BCUT2D eigenvalue weighted by Crippen LogP contribution is -2.35. The van der Waals surface area contributed by atoms with Crippen LogP contribution in [-0.4, -0.2) is 27.9 Å². The Morgan fingerprint density at radius 2 is 2.17 bits per heavy atom. The second-order valence-electron chi connectivity index (χ2n) is 5.57. The van der Waals surface area contributed by atoms with Crippen LogP contribution in [0.15, 0.2) is 6.07 Å². The van der Waals surface area contributed by atoms with Gasteiger partial charge in [-0.25, -0.2) is 9.97 Å². The standard InChI is InChI=1S/C14H22BrN3/c1-9(2)12-7-11(4)16-14(17-12)18-6-5-10(3)13(18)8-15/h7,9-10,13H,5-6,8H2,1-4H3. The first-order valence-corrected chi connectivity index (χ1v) is 7.83. The summed E-state index contributed by atoms with van der Waals surface area (Å²) >= 11 is 3.62. The number of rotatable bonds is 3. The van der Waals surface area contributed by atoms with E-state index in [0.717, 1.165) is 29.2 Å². The van der Waals surface area contributed by atoms with E-state index in [4.69, 9.17) is 4.98 Å². The summed E-state index contributed by atoms with van der Waals surface area (Å²) < 4.78 is 0. The van der Waals surface area contributed by atoms with E-state index in [2.05, 4.69) is 59.6 Å². The van der Waals surface area contributed by atoms with Gasteiger partial charge in [0.15, 0.2) is 0 Å². The molecule has 1 aliphatic heterocycles. The molecule has 18 heavy (non-hydrogen) atoms. The summed E-state index contributed by atoms with van der Waals surface area (Å²) in [5, 5.41) is 0.989. The third-order valence-electron chi connectivity index (χ3n) is 3.75. The molecule has 3 nitrogen and oxygen atoms in total. The lowest BCUT2D eigenvalue weighted by Gasteiger charge is -2.26. The largest absolute Gasteiger partial charge is 0.337 e. The number of aromatic nitrogens is 2. The Hall–Kier alpha value is -0.640. The van der Waals surface area contributed by atoms with Gasteiger partial charge in [0.2, 0.25) is 5.95 Å². The zero-order valence-electron chi connectivity index (χ0n) is 11.7. The highest BCUT2D eigenvalue weighted by molar-refractivity contribution is 9.09. The van der Waals surface area contributed by atoms with Crippen LogP contribution in [0.4, 0.5) is 5.95 Å². The average Bonchev–Trinajstić information content (AvgIpc) is 2.69. The van der Waals surface area contributed by atoms with E-state index in [1.807, 2.05) is 0 Å². The SMILES string of the molecule is Cc1cc(C(C)C)nc(N2CCC(C)C2CBr)n1. The molecule has 1 aromatic heterocycles. The van der Waals surface area contributed by atoms with Crippen molar-refractivity contribution in [1.82, 2.24) is 9.97 Å². The van der Waals surface area contributed by atoms with Gasteiger partial charge in [0.25, 0.3) is 0 Å². The molecule has 0 N–H and O–H groups in total. The molecule has 0 radical (unpaired) electrons. The zero-order valence-corrected chi connectivity index (χ0v) is 13.2. The molecule has 0 aliphatic carbocycles. The summed E-state index contributed by atoms with van der Waals surface area (Å²) in [5.41, 5.74) is 2.21. The number of alkyl halides is 1. The highest BCUT2D eigenvalue weighted by Gasteiger charge is 2.32. The van der Waals surface area contributed by atoms with Crippen molar-refractivity contribution in [3.05, 3.63) is 17.5 Å². The van der Waals surface area contributed by atoms with E-state index in [-0.39, 0.29) is 0 Å². The Kier molecular flexibility index (Phi) is 4.25. The summed E-state index contributed by atoms with van der Waals surface area (Å²) in [4.78, 5) is 11.7. The molecular formula is C14H22BrN3. The molecule has 1 aromatic rings. The van der Waals surface area contributed by atoms with Crippen LogP contribution in [0.1, 0.15) is 44.5 Å². The number of nitrogens with zero attached hydrogens (tertiary/aromatic N) is 3. The van der Waals surface area contributed by atoms with Crippen LogP contribution in [0.5, 0.6) is 0 Å². The molecule has 2 rings (SSSR count). The first-order chi connectivity index (χ1) is 8.52. The first kappa shape index (κ1) is 13.8. The molecule has 0 spiro atoms. The fraction of sp³-hybridized carbons (Fsp3) is 0.714. The lowest BCUT2D eigenvalue weighted by molar-refractivity contribution is 0.550. The number of anilines is 1. The van der Waals surface area contributed by atoms with Crippen molar-refractivity contribution in [3.63, 3.8) is 0 Å². The van der Waals surface area contributed by atoms with E-state index >= 15 is 0 Å². The van der Waals surface area contributed by atoms with E-state index < -0.39 is 0 Å². The van der Waals surface area contributed by atoms with Crippen LogP contribution in [0, 0.1) is 12.8 Å². The molecule has 2 heterocycles. The average molecular weight is 312 g/mol. The van der Waals surface area contributed by atoms with Crippen molar-refractivity contribution in [3.8, 4) is 0 Å². The monoisotopic (exact) mass is 311 g/mol. The maximum atomic E-state index is 4.74. The van der Waals surface area contributed by atoms with Gasteiger partial charge in [0.05, 0.1) is 0 Å². The Labute approximate surface area is 118 Å². The van der Waals surface area contributed by atoms with Crippen LogP contribution in [0.2, 0.25) is 0 Å². The topological polar surface area (TPSA) is 29.0 Å². The van der Waals surface area contributed by atoms with Gasteiger partial charge in [0, 0.05) is 29.3 Å². The van der Waals surface area contributed by atoms with Gasteiger partial charge in [-0.05, 0) is 31.2 Å². The van der Waals surface area contributed by atoms with Crippen molar-refractivity contribution >= 4 is 21.9 Å². The third-order valence-corrected chi connectivity index (χ3v) is 4.41. The minimum absolute atomic E-state index is 0.452. The predicted octanol–water partition coefficient (Wildman–Crippen LogP) is 3.52. The molecule has 100 valence electrons. The fourth-order valence-corrected chi connectivity index (χ4v) is 3.48. The lowest BCUT2D eigenvalue weighted by atomic mass is 10.1. The number of hydrogen-bond donors (Lipinski definition) is 0. The van der Waals surface area contributed by atoms with Gasteiger partial charge >= 0.3 is 0 Å². The molecule has 4 heteroatoms. The van der Waals surface area contributed by atoms with E-state index in [0.29, 0.717) is 17.9 Å². The smallest absolute Gasteiger partial charge is 0.226 e. The number of hydrogen-bond acceptors (Lipinski definition) is 3. The van der Waals surface area contributed by atoms with E-state index in [1.54, 1.807) is 0 Å². The van der Waals surface area contributed by atoms with Crippen molar-refractivity contribution in [1.29, 1.82) is 0 Å². The van der Waals surface area contributed by atoms with E-state index in [1.165, 1.54) is 6.42 Å². The highest BCUT2D eigenvalue weighted by atomic mass is 79.9. The number of aryl methyl sites for hydroxylation is 1. The van der Waals surface area contributed by atoms with Gasteiger partial charge < -0.3 is 4.90 Å².